The van der Waals surface area contributed by atoms with Crippen LogP contribution in [0.3, 0.4) is 0 Å². The largest absolute Gasteiger partial charge is 0.491 e. The van der Waals surface area contributed by atoms with E-state index < -0.39 is 22.7 Å². The van der Waals surface area contributed by atoms with Crippen LogP contribution in [0.25, 0.3) is 0 Å². The minimum atomic E-state index is -1.34. The number of ether oxygens (including phenoxy) is 2. The molecule has 0 aromatic carbocycles. The first-order valence-electron chi connectivity index (χ1n) is 7.53. The van der Waals surface area contributed by atoms with Gasteiger partial charge in [0.25, 0.3) is 5.91 Å². The number of hydrogen-bond donors (Lipinski definition) is 1. The molecule has 1 aliphatic carbocycles. The van der Waals surface area contributed by atoms with Gasteiger partial charge >= 0.3 is 5.97 Å². The third-order valence-electron chi connectivity index (χ3n) is 5.07. The first-order valence-corrected chi connectivity index (χ1v) is 7.53. The summed E-state index contributed by atoms with van der Waals surface area (Å²) in [7, 11) is 1.27. The normalized spacial score (nSPS) is 28.3. The zero-order valence-corrected chi connectivity index (χ0v) is 12.6. The Morgan fingerprint density at radius 1 is 1.48 bits per heavy atom. The van der Waals surface area contributed by atoms with E-state index in [1.807, 2.05) is 0 Å². The molecule has 1 saturated carbocycles. The van der Waals surface area contributed by atoms with Crippen molar-refractivity contribution >= 4 is 11.9 Å². The number of carbonyl (C=O) groups is 2. The van der Waals surface area contributed by atoms with Crippen LogP contribution < -0.4 is 10.2 Å². The molecule has 2 aliphatic heterocycles. The number of hydrogen-bond acceptors (Lipinski definition) is 5. The van der Waals surface area contributed by atoms with Gasteiger partial charge in [-0.3, -0.25) is 9.59 Å². The van der Waals surface area contributed by atoms with Crippen LogP contribution in [0.2, 0.25) is 0 Å². The quantitative estimate of drug-likeness (QED) is 0.850. The summed E-state index contributed by atoms with van der Waals surface area (Å²) in [6.07, 6.45) is 3.59. The summed E-state index contributed by atoms with van der Waals surface area (Å²) in [5.41, 5.74) is -1.77. The van der Waals surface area contributed by atoms with E-state index in [-0.39, 0.29) is 23.4 Å². The second-order valence-corrected chi connectivity index (χ2v) is 6.02. The van der Waals surface area contributed by atoms with E-state index >= 15 is 0 Å². The van der Waals surface area contributed by atoms with Crippen LogP contribution in [0, 0.1) is 0 Å². The molecule has 2 unspecified atom stereocenters. The zero-order valence-electron chi connectivity index (χ0n) is 12.6. The van der Waals surface area contributed by atoms with Gasteiger partial charge in [-0.15, -0.1) is 0 Å². The Kier molecular flexibility index (Phi) is 2.84. The first-order chi connectivity index (χ1) is 11.0. The number of methoxy groups -OCH3 is 1. The number of aromatic carboxylic acids is 1. The Morgan fingerprint density at radius 3 is 2.96 bits per heavy atom. The number of carboxylic acids is 1. The van der Waals surface area contributed by atoms with Crippen LogP contribution in [0.15, 0.2) is 11.0 Å². The standard InChI is InChI=1S/C15H16N2O6/c1-22-12-10-13(19)17-5-6-23-15(17)4-2-3-9(15)16(10)7-8(11(12)18)14(20)21/h7,9H,2-6H2,1H3,(H,20,21). The number of pyridine rings is 1. The lowest BCUT2D eigenvalue weighted by atomic mass is 9.99. The molecule has 8 heteroatoms. The van der Waals surface area contributed by atoms with Gasteiger partial charge in [-0.05, 0) is 19.3 Å². The van der Waals surface area contributed by atoms with Gasteiger partial charge < -0.3 is 24.0 Å². The molecule has 1 aromatic heterocycles. The molecule has 0 radical (unpaired) electrons. The van der Waals surface area contributed by atoms with Crippen LogP contribution in [-0.2, 0) is 4.74 Å². The monoisotopic (exact) mass is 320 g/mol. The van der Waals surface area contributed by atoms with E-state index in [0.29, 0.717) is 19.6 Å². The average molecular weight is 320 g/mol. The summed E-state index contributed by atoms with van der Waals surface area (Å²) in [6.45, 7) is 0.905. The van der Waals surface area contributed by atoms with Crippen molar-refractivity contribution in [2.75, 3.05) is 20.3 Å². The van der Waals surface area contributed by atoms with Crippen molar-refractivity contribution in [3.63, 3.8) is 0 Å². The molecule has 3 aliphatic rings. The molecular weight excluding hydrogens is 304 g/mol. The molecule has 2 atom stereocenters. The predicted molar refractivity (Wildman–Crippen MR) is 76.8 cm³/mol. The smallest absolute Gasteiger partial charge is 0.341 e. The van der Waals surface area contributed by atoms with Crippen molar-refractivity contribution in [2.45, 2.75) is 31.0 Å². The highest BCUT2D eigenvalue weighted by Crippen LogP contribution is 2.51. The molecule has 122 valence electrons. The third-order valence-corrected chi connectivity index (χ3v) is 5.07. The third kappa shape index (κ3) is 1.61. The van der Waals surface area contributed by atoms with Crippen molar-refractivity contribution in [2.24, 2.45) is 0 Å². The van der Waals surface area contributed by atoms with Crippen LogP contribution >= 0.6 is 0 Å². The van der Waals surface area contributed by atoms with Gasteiger partial charge in [-0.25, -0.2) is 4.79 Å². The van der Waals surface area contributed by atoms with Gasteiger partial charge in [0.05, 0.1) is 19.8 Å². The van der Waals surface area contributed by atoms with Crippen molar-refractivity contribution < 1.29 is 24.2 Å². The highest BCUT2D eigenvalue weighted by Gasteiger charge is 2.58. The van der Waals surface area contributed by atoms with Gasteiger partial charge in [0.2, 0.25) is 5.43 Å². The van der Waals surface area contributed by atoms with Gasteiger partial charge in [0.15, 0.2) is 17.2 Å². The predicted octanol–water partition coefficient (Wildman–Crippen LogP) is 0.462. The number of carboxylic acid groups (broad SMARTS) is 1. The Bertz CT molecular complexity index is 781. The molecule has 8 nitrogen and oxygen atoms in total. The molecule has 1 aromatic rings. The molecule has 4 rings (SSSR count). The van der Waals surface area contributed by atoms with E-state index in [1.54, 1.807) is 9.47 Å². The maximum atomic E-state index is 12.9. The van der Waals surface area contributed by atoms with Crippen LogP contribution in [-0.4, -0.2) is 52.4 Å². The molecule has 1 saturated heterocycles. The number of rotatable bonds is 2. The lowest BCUT2D eigenvalue weighted by Crippen LogP contribution is -2.56. The van der Waals surface area contributed by atoms with E-state index in [1.165, 1.54) is 13.3 Å². The molecule has 2 fully saturated rings. The van der Waals surface area contributed by atoms with Crippen molar-refractivity contribution in [3.8, 4) is 5.75 Å². The zero-order chi connectivity index (χ0) is 16.4. The highest BCUT2D eigenvalue weighted by atomic mass is 16.5. The van der Waals surface area contributed by atoms with E-state index in [2.05, 4.69) is 0 Å². The minimum Gasteiger partial charge on any atom is -0.491 e. The van der Waals surface area contributed by atoms with E-state index in [0.717, 1.165) is 12.8 Å². The Labute approximate surface area is 131 Å². The first kappa shape index (κ1) is 14.3. The molecule has 1 spiro atoms. The topological polar surface area (TPSA) is 98.1 Å². The summed E-state index contributed by atoms with van der Waals surface area (Å²) in [4.78, 5) is 38.3. The minimum absolute atomic E-state index is 0.121. The van der Waals surface area contributed by atoms with Gasteiger partial charge in [0, 0.05) is 12.7 Å². The van der Waals surface area contributed by atoms with Gasteiger partial charge in [-0.1, -0.05) is 0 Å². The average Bonchev–Trinajstić information content (AvgIpc) is 3.13. The van der Waals surface area contributed by atoms with Gasteiger partial charge in [-0.2, -0.15) is 0 Å². The maximum absolute atomic E-state index is 12.9. The fraction of sp³-hybridized carbons (Fsp3) is 0.533. The van der Waals surface area contributed by atoms with E-state index in [4.69, 9.17) is 9.47 Å². The molecule has 23 heavy (non-hydrogen) atoms. The van der Waals surface area contributed by atoms with Crippen LogP contribution in [0.4, 0.5) is 0 Å². The Hall–Kier alpha value is -2.35. The van der Waals surface area contributed by atoms with Crippen LogP contribution in [0.1, 0.15) is 46.2 Å². The summed E-state index contributed by atoms with van der Waals surface area (Å²) in [6, 6.07) is -0.203. The molecule has 0 bridgehead atoms. The van der Waals surface area contributed by atoms with E-state index in [9.17, 15) is 19.5 Å². The number of fused-ring (bicyclic) bond motifs is 2. The lowest BCUT2D eigenvalue weighted by Gasteiger charge is -2.44. The van der Waals surface area contributed by atoms with Crippen LogP contribution in [0.5, 0.6) is 5.75 Å². The number of aromatic nitrogens is 1. The molecule has 1 N–H and O–H groups in total. The molecule has 1 amide bonds. The molecular formula is C15H16N2O6. The summed E-state index contributed by atoms with van der Waals surface area (Å²) < 4.78 is 12.6. The number of nitrogens with zero attached hydrogens (tertiary/aromatic N) is 2. The second-order valence-electron chi connectivity index (χ2n) is 6.02. The Morgan fingerprint density at radius 2 is 2.26 bits per heavy atom. The van der Waals surface area contributed by atoms with Crippen molar-refractivity contribution in [1.29, 1.82) is 0 Å². The number of amides is 1. The van der Waals surface area contributed by atoms with Crippen molar-refractivity contribution in [3.05, 3.63) is 27.7 Å². The highest BCUT2D eigenvalue weighted by molar-refractivity contribution is 5.98. The fourth-order valence-electron chi connectivity index (χ4n) is 4.17. The Balaban J connectivity index is 2.04. The molecule has 3 heterocycles. The maximum Gasteiger partial charge on any atom is 0.341 e. The second kappa shape index (κ2) is 4.58. The summed E-state index contributed by atoms with van der Waals surface area (Å²) in [5.74, 6) is -1.88. The van der Waals surface area contributed by atoms with Crippen molar-refractivity contribution in [1.82, 2.24) is 9.47 Å². The fourth-order valence-corrected chi connectivity index (χ4v) is 4.17. The summed E-state index contributed by atoms with van der Waals surface area (Å²) in [5, 5.41) is 9.28. The summed E-state index contributed by atoms with van der Waals surface area (Å²) >= 11 is 0. The van der Waals surface area contributed by atoms with Gasteiger partial charge in [0.1, 0.15) is 5.56 Å². The lowest BCUT2D eigenvalue weighted by molar-refractivity contribution is -0.0987. The SMILES string of the molecule is COc1c2n(cc(C(=O)O)c1=O)C1CCCC13OCCN3C2=O. The number of carbonyl (C=O) groups excluding carboxylic acids is 1.